The highest BCUT2D eigenvalue weighted by atomic mass is 35.5. The first-order chi connectivity index (χ1) is 6.61. The summed E-state index contributed by atoms with van der Waals surface area (Å²) in [5.41, 5.74) is 0. The van der Waals surface area contributed by atoms with E-state index in [-0.39, 0.29) is 5.91 Å². The van der Waals surface area contributed by atoms with Crippen LogP contribution in [0.25, 0.3) is 0 Å². The molecule has 1 unspecified atom stereocenters. The Morgan fingerprint density at radius 1 is 1.79 bits per heavy atom. The van der Waals surface area contributed by atoms with E-state index in [4.69, 9.17) is 16.7 Å². The summed E-state index contributed by atoms with van der Waals surface area (Å²) in [6, 6.07) is 1.69. The highest BCUT2D eigenvalue weighted by molar-refractivity contribution is 7.12. The van der Waals surface area contributed by atoms with Gasteiger partial charge in [-0.15, -0.1) is 11.3 Å². The zero-order chi connectivity index (χ0) is 10.6. The highest BCUT2D eigenvalue weighted by Crippen LogP contribution is 2.21. The summed E-state index contributed by atoms with van der Waals surface area (Å²) in [4.78, 5) is 12.0. The first-order valence-electron chi connectivity index (χ1n) is 4.30. The average Bonchev–Trinajstić information content (AvgIpc) is 2.50. The minimum Gasteiger partial charge on any atom is -0.393 e. The van der Waals surface area contributed by atoms with E-state index in [1.807, 2.05) is 0 Å². The molecule has 0 spiro atoms. The second kappa shape index (κ2) is 5.34. The Balaban J connectivity index is 2.40. The molecule has 1 heterocycles. The number of thiophene rings is 1. The molecule has 14 heavy (non-hydrogen) atoms. The maximum atomic E-state index is 11.4. The Morgan fingerprint density at radius 3 is 3.00 bits per heavy atom. The zero-order valence-electron chi connectivity index (χ0n) is 7.79. The Hall–Kier alpha value is -0.580. The van der Waals surface area contributed by atoms with Gasteiger partial charge < -0.3 is 10.4 Å². The highest BCUT2D eigenvalue weighted by Gasteiger charge is 2.10. The molecule has 0 bridgehead atoms. The van der Waals surface area contributed by atoms with Crippen LogP contribution < -0.4 is 5.32 Å². The van der Waals surface area contributed by atoms with E-state index < -0.39 is 6.10 Å². The minimum absolute atomic E-state index is 0.175. The molecular weight excluding hydrogens is 222 g/mol. The smallest absolute Gasteiger partial charge is 0.262 e. The van der Waals surface area contributed by atoms with Crippen LogP contribution in [0.2, 0.25) is 5.02 Å². The molecule has 0 saturated carbocycles. The van der Waals surface area contributed by atoms with E-state index in [0.29, 0.717) is 22.9 Å². The Kier molecular flexibility index (Phi) is 4.38. The predicted molar refractivity (Wildman–Crippen MR) is 58.0 cm³/mol. The number of aliphatic hydroxyl groups is 1. The van der Waals surface area contributed by atoms with Crippen molar-refractivity contribution in [2.45, 2.75) is 19.4 Å². The van der Waals surface area contributed by atoms with Crippen molar-refractivity contribution in [1.29, 1.82) is 0 Å². The predicted octanol–water partition coefficient (Wildman–Crippen LogP) is 1.90. The van der Waals surface area contributed by atoms with Crippen LogP contribution in [0.4, 0.5) is 0 Å². The van der Waals surface area contributed by atoms with Crippen molar-refractivity contribution in [3.63, 3.8) is 0 Å². The fourth-order valence-corrected chi connectivity index (χ4v) is 1.99. The second-order valence-electron chi connectivity index (χ2n) is 2.99. The molecule has 0 fully saturated rings. The summed E-state index contributed by atoms with van der Waals surface area (Å²) >= 11 is 7.09. The topological polar surface area (TPSA) is 49.3 Å². The largest absolute Gasteiger partial charge is 0.393 e. The van der Waals surface area contributed by atoms with Crippen LogP contribution in [-0.4, -0.2) is 23.7 Å². The van der Waals surface area contributed by atoms with Crippen LogP contribution in [0.1, 0.15) is 23.0 Å². The van der Waals surface area contributed by atoms with E-state index in [0.717, 1.165) is 0 Å². The summed E-state index contributed by atoms with van der Waals surface area (Å²) in [5, 5.41) is 13.9. The molecule has 1 atom stereocenters. The lowest BCUT2D eigenvalue weighted by molar-refractivity contribution is 0.0950. The van der Waals surface area contributed by atoms with E-state index in [1.54, 1.807) is 18.4 Å². The van der Waals surface area contributed by atoms with Gasteiger partial charge in [-0.3, -0.25) is 4.79 Å². The molecule has 0 aliphatic carbocycles. The second-order valence-corrected chi connectivity index (χ2v) is 4.31. The lowest BCUT2D eigenvalue weighted by atomic mass is 10.3. The summed E-state index contributed by atoms with van der Waals surface area (Å²) in [7, 11) is 0. The van der Waals surface area contributed by atoms with Gasteiger partial charge in [0.1, 0.15) is 4.88 Å². The lowest BCUT2D eigenvalue weighted by Crippen LogP contribution is -2.25. The third-order valence-corrected chi connectivity index (χ3v) is 3.01. The Morgan fingerprint density at radius 2 is 2.50 bits per heavy atom. The maximum absolute atomic E-state index is 11.4. The van der Waals surface area contributed by atoms with Gasteiger partial charge in [0, 0.05) is 6.54 Å². The summed E-state index contributed by atoms with van der Waals surface area (Å²) < 4.78 is 0. The molecule has 1 aromatic rings. The van der Waals surface area contributed by atoms with Crippen LogP contribution in [0, 0.1) is 0 Å². The molecule has 2 N–H and O–H groups in total. The van der Waals surface area contributed by atoms with Gasteiger partial charge in [-0.1, -0.05) is 11.6 Å². The summed E-state index contributed by atoms with van der Waals surface area (Å²) in [6.45, 7) is 2.15. The molecule has 1 rings (SSSR count). The number of amides is 1. The van der Waals surface area contributed by atoms with Gasteiger partial charge in [0.05, 0.1) is 11.1 Å². The number of halogens is 1. The van der Waals surface area contributed by atoms with Gasteiger partial charge >= 0.3 is 0 Å². The van der Waals surface area contributed by atoms with Crippen LogP contribution in [-0.2, 0) is 0 Å². The summed E-state index contributed by atoms with van der Waals surface area (Å²) in [6.07, 6.45) is 0.156. The molecule has 1 aromatic heterocycles. The number of aliphatic hydroxyl groups excluding tert-OH is 1. The first-order valence-corrected chi connectivity index (χ1v) is 5.56. The van der Waals surface area contributed by atoms with Gasteiger partial charge in [0.25, 0.3) is 5.91 Å². The molecule has 0 saturated heterocycles. The van der Waals surface area contributed by atoms with Crippen molar-refractivity contribution < 1.29 is 9.90 Å². The van der Waals surface area contributed by atoms with Gasteiger partial charge in [0.15, 0.2) is 0 Å². The summed E-state index contributed by atoms with van der Waals surface area (Å²) in [5.74, 6) is -0.175. The maximum Gasteiger partial charge on any atom is 0.262 e. The monoisotopic (exact) mass is 233 g/mol. The quantitative estimate of drug-likeness (QED) is 0.835. The number of carbonyl (C=O) groups excluding carboxylic acids is 1. The molecule has 1 amide bonds. The molecular formula is C9H12ClNO2S. The average molecular weight is 234 g/mol. The van der Waals surface area contributed by atoms with Crippen LogP contribution in [0.15, 0.2) is 11.4 Å². The molecule has 0 aliphatic heterocycles. The number of nitrogens with one attached hydrogen (secondary N) is 1. The van der Waals surface area contributed by atoms with Crippen LogP contribution >= 0.6 is 22.9 Å². The molecule has 5 heteroatoms. The SMILES string of the molecule is CC(O)CCNC(=O)c1sccc1Cl. The van der Waals surface area contributed by atoms with Crippen LogP contribution in [0.3, 0.4) is 0 Å². The number of carbonyl (C=O) groups is 1. The Bertz CT molecular complexity index is 312. The molecule has 78 valence electrons. The fraction of sp³-hybridized carbons (Fsp3) is 0.444. The number of hydrogen-bond donors (Lipinski definition) is 2. The fourth-order valence-electron chi connectivity index (χ4n) is 0.931. The van der Waals surface area contributed by atoms with Gasteiger partial charge in [0.2, 0.25) is 0 Å². The molecule has 0 radical (unpaired) electrons. The van der Waals surface area contributed by atoms with E-state index in [2.05, 4.69) is 5.32 Å². The van der Waals surface area contributed by atoms with Crippen molar-refractivity contribution >= 4 is 28.8 Å². The minimum atomic E-state index is -0.394. The molecule has 0 aliphatic rings. The molecule has 0 aromatic carbocycles. The first kappa shape index (κ1) is 11.5. The van der Waals surface area contributed by atoms with E-state index >= 15 is 0 Å². The van der Waals surface area contributed by atoms with Gasteiger partial charge in [-0.05, 0) is 24.8 Å². The standard InChI is InChI=1S/C9H12ClNO2S/c1-6(12)2-4-11-9(13)8-7(10)3-5-14-8/h3,5-6,12H,2,4H2,1H3,(H,11,13). The zero-order valence-corrected chi connectivity index (χ0v) is 9.36. The van der Waals surface area contributed by atoms with Gasteiger partial charge in [-0.2, -0.15) is 0 Å². The van der Waals surface area contributed by atoms with E-state index in [1.165, 1.54) is 11.3 Å². The van der Waals surface area contributed by atoms with Crippen molar-refractivity contribution in [1.82, 2.24) is 5.32 Å². The number of rotatable bonds is 4. The van der Waals surface area contributed by atoms with Crippen molar-refractivity contribution in [3.05, 3.63) is 21.3 Å². The van der Waals surface area contributed by atoms with Gasteiger partial charge in [-0.25, -0.2) is 0 Å². The third-order valence-electron chi connectivity index (χ3n) is 1.67. The van der Waals surface area contributed by atoms with E-state index in [9.17, 15) is 4.79 Å². The normalized spacial score (nSPS) is 12.5. The Labute approximate surface area is 91.7 Å². The number of hydrogen-bond acceptors (Lipinski definition) is 3. The molecule has 3 nitrogen and oxygen atoms in total. The van der Waals surface area contributed by atoms with Crippen molar-refractivity contribution in [2.75, 3.05) is 6.54 Å². The lowest BCUT2D eigenvalue weighted by Gasteiger charge is -2.05. The van der Waals surface area contributed by atoms with Crippen molar-refractivity contribution in [3.8, 4) is 0 Å². The third kappa shape index (κ3) is 3.29. The van der Waals surface area contributed by atoms with Crippen molar-refractivity contribution in [2.24, 2.45) is 0 Å². The van der Waals surface area contributed by atoms with Crippen LogP contribution in [0.5, 0.6) is 0 Å².